The van der Waals surface area contributed by atoms with Crippen LogP contribution in [0.25, 0.3) is 10.8 Å². The third kappa shape index (κ3) is 2.96. The summed E-state index contributed by atoms with van der Waals surface area (Å²) in [7, 11) is 0. The van der Waals surface area contributed by atoms with E-state index >= 15 is 0 Å². The molecular formula is C20H12O4. The fourth-order valence-corrected chi connectivity index (χ4v) is 2.46. The lowest BCUT2D eigenvalue weighted by molar-refractivity contribution is 0.0688. The maximum Gasteiger partial charge on any atom is 0.337 e. The molecule has 116 valence electrons. The number of carbonyl (C=O) groups is 2. The third-order valence-corrected chi connectivity index (χ3v) is 3.60. The van der Waals surface area contributed by atoms with Gasteiger partial charge in [0.1, 0.15) is 0 Å². The van der Waals surface area contributed by atoms with E-state index in [1.165, 1.54) is 18.2 Å². The Hall–Kier alpha value is -3.58. The van der Waals surface area contributed by atoms with E-state index in [-0.39, 0.29) is 11.1 Å². The van der Waals surface area contributed by atoms with Gasteiger partial charge in [0.15, 0.2) is 0 Å². The van der Waals surface area contributed by atoms with Gasteiger partial charge < -0.3 is 10.2 Å². The summed E-state index contributed by atoms with van der Waals surface area (Å²) in [6.45, 7) is 0. The molecule has 2 N–H and O–H groups in total. The van der Waals surface area contributed by atoms with Gasteiger partial charge in [0.05, 0.1) is 11.1 Å². The topological polar surface area (TPSA) is 74.6 Å². The maximum atomic E-state index is 11.7. The zero-order valence-corrected chi connectivity index (χ0v) is 12.5. The van der Waals surface area contributed by atoms with Crippen LogP contribution in [-0.4, -0.2) is 22.2 Å². The van der Waals surface area contributed by atoms with Crippen LogP contribution in [-0.2, 0) is 0 Å². The summed E-state index contributed by atoms with van der Waals surface area (Å²) in [5, 5.41) is 19.6. The minimum atomic E-state index is -1.10. The monoisotopic (exact) mass is 316 g/mol. The van der Waals surface area contributed by atoms with Crippen LogP contribution in [0.5, 0.6) is 0 Å². The van der Waals surface area contributed by atoms with Crippen LogP contribution in [0.15, 0.2) is 60.7 Å². The Balaban J connectivity index is 2.17. The normalized spacial score (nSPS) is 10.0. The van der Waals surface area contributed by atoms with Crippen LogP contribution in [0.4, 0.5) is 0 Å². The second-order valence-corrected chi connectivity index (χ2v) is 5.15. The minimum absolute atomic E-state index is 0.0767. The third-order valence-electron chi connectivity index (χ3n) is 3.60. The first-order chi connectivity index (χ1) is 11.6. The number of benzene rings is 3. The average Bonchev–Trinajstić information content (AvgIpc) is 2.59. The molecule has 0 aromatic heterocycles. The number of fused-ring (bicyclic) bond motifs is 1. The Morgan fingerprint density at radius 2 is 1.54 bits per heavy atom. The van der Waals surface area contributed by atoms with E-state index in [4.69, 9.17) is 5.11 Å². The molecule has 0 aliphatic carbocycles. The molecule has 0 aliphatic rings. The average molecular weight is 316 g/mol. The SMILES string of the molecule is O=C(O)c1ccc2c(C(=O)O)c(C#Cc3ccccc3)ccc2c1. The van der Waals surface area contributed by atoms with Crippen LogP contribution in [0, 0.1) is 11.8 Å². The molecule has 3 rings (SSSR count). The van der Waals surface area contributed by atoms with Crippen molar-refractivity contribution >= 4 is 22.7 Å². The first kappa shape index (κ1) is 15.3. The Morgan fingerprint density at radius 3 is 2.21 bits per heavy atom. The molecule has 0 aliphatic heterocycles. The number of aromatic carboxylic acids is 2. The van der Waals surface area contributed by atoms with Gasteiger partial charge in [-0.05, 0) is 41.1 Å². The first-order valence-electron chi connectivity index (χ1n) is 7.16. The van der Waals surface area contributed by atoms with Crippen molar-refractivity contribution in [2.24, 2.45) is 0 Å². The molecule has 4 nitrogen and oxygen atoms in total. The fraction of sp³-hybridized carbons (Fsp3) is 0. The van der Waals surface area contributed by atoms with Crippen molar-refractivity contribution in [2.75, 3.05) is 0 Å². The van der Waals surface area contributed by atoms with E-state index in [1.54, 1.807) is 12.1 Å². The lowest BCUT2D eigenvalue weighted by atomic mass is 9.97. The molecule has 0 spiro atoms. The van der Waals surface area contributed by atoms with Gasteiger partial charge in [0, 0.05) is 11.1 Å². The van der Waals surface area contributed by atoms with E-state index in [0.717, 1.165) is 5.56 Å². The minimum Gasteiger partial charge on any atom is -0.478 e. The summed E-state index contributed by atoms with van der Waals surface area (Å²) in [6, 6.07) is 16.9. The van der Waals surface area contributed by atoms with Gasteiger partial charge in [0.2, 0.25) is 0 Å². The van der Waals surface area contributed by atoms with Crippen molar-refractivity contribution in [1.29, 1.82) is 0 Å². The van der Waals surface area contributed by atoms with Crippen molar-refractivity contribution in [3.8, 4) is 11.8 Å². The Kier molecular flexibility index (Phi) is 4.00. The first-order valence-corrected chi connectivity index (χ1v) is 7.16. The fourth-order valence-electron chi connectivity index (χ4n) is 2.46. The highest BCUT2D eigenvalue weighted by molar-refractivity contribution is 6.07. The van der Waals surface area contributed by atoms with Crippen molar-refractivity contribution in [2.45, 2.75) is 0 Å². The molecule has 4 heteroatoms. The summed E-state index contributed by atoms with van der Waals surface area (Å²) < 4.78 is 0. The Labute approximate surface area is 138 Å². The van der Waals surface area contributed by atoms with Crippen LogP contribution >= 0.6 is 0 Å². The zero-order chi connectivity index (χ0) is 17.1. The Morgan fingerprint density at radius 1 is 0.792 bits per heavy atom. The van der Waals surface area contributed by atoms with Crippen LogP contribution in [0.3, 0.4) is 0 Å². The van der Waals surface area contributed by atoms with E-state index in [9.17, 15) is 14.7 Å². The molecule has 0 saturated heterocycles. The zero-order valence-electron chi connectivity index (χ0n) is 12.5. The van der Waals surface area contributed by atoms with E-state index < -0.39 is 11.9 Å². The molecule has 0 atom stereocenters. The largest absolute Gasteiger partial charge is 0.478 e. The van der Waals surface area contributed by atoms with E-state index in [2.05, 4.69) is 11.8 Å². The quantitative estimate of drug-likeness (QED) is 0.708. The lowest BCUT2D eigenvalue weighted by Crippen LogP contribution is -2.03. The predicted octanol–water partition coefficient (Wildman–Crippen LogP) is 3.64. The molecule has 0 radical (unpaired) electrons. The number of carboxylic acid groups (broad SMARTS) is 2. The van der Waals surface area contributed by atoms with Gasteiger partial charge in [-0.15, -0.1) is 0 Å². The molecule has 0 heterocycles. The van der Waals surface area contributed by atoms with Crippen LogP contribution in [0.2, 0.25) is 0 Å². The smallest absolute Gasteiger partial charge is 0.337 e. The summed E-state index contributed by atoms with van der Waals surface area (Å²) in [4.78, 5) is 22.7. The number of carboxylic acids is 2. The summed E-state index contributed by atoms with van der Waals surface area (Å²) in [5.74, 6) is 3.69. The highest BCUT2D eigenvalue weighted by atomic mass is 16.4. The van der Waals surface area contributed by atoms with Crippen LogP contribution < -0.4 is 0 Å². The van der Waals surface area contributed by atoms with E-state index in [0.29, 0.717) is 16.3 Å². The summed E-state index contributed by atoms with van der Waals surface area (Å²) in [6.07, 6.45) is 0. The molecule has 3 aromatic rings. The van der Waals surface area contributed by atoms with Gasteiger partial charge in [-0.2, -0.15) is 0 Å². The lowest BCUT2D eigenvalue weighted by Gasteiger charge is -2.06. The molecule has 0 bridgehead atoms. The predicted molar refractivity (Wildman–Crippen MR) is 90.3 cm³/mol. The molecule has 0 amide bonds. The van der Waals surface area contributed by atoms with Gasteiger partial charge in [-0.25, -0.2) is 9.59 Å². The molecule has 0 unspecified atom stereocenters. The van der Waals surface area contributed by atoms with Gasteiger partial charge >= 0.3 is 11.9 Å². The second-order valence-electron chi connectivity index (χ2n) is 5.15. The number of hydrogen-bond acceptors (Lipinski definition) is 2. The van der Waals surface area contributed by atoms with Crippen LogP contribution in [0.1, 0.15) is 31.8 Å². The molecular weight excluding hydrogens is 304 g/mol. The highest BCUT2D eigenvalue weighted by Crippen LogP contribution is 2.24. The number of hydrogen-bond donors (Lipinski definition) is 2. The summed E-state index contributed by atoms with van der Waals surface area (Å²) in [5.41, 5.74) is 1.37. The second kappa shape index (κ2) is 6.27. The van der Waals surface area contributed by atoms with Crippen molar-refractivity contribution in [1.82, 2.24) is 0 Å². The highest BCUT2D eigenvalue weighted by Gasteiger charge is 2.14. The standard InChI is InChI=1S/C20H12O4/c21-19(22)16-10-11-17-15(12-16)9-8-14(18(17)20(23)24)7-6-13-4-2-1-3-5-13/h1-5,8-12H,(H,21,22)(H,23,24). The molecule has 3 aromatic carbocycles. The number of rotatable bonds is 2. The maximum absolute atomic E-state index is 11.7. The van der Waals surface area contributed by atoms with E-state index in [1.807, 2.05) is 30.3 Å². The van der Waals surface area contributed by atoms with Gasteiger partial charge in [-0.1, -0.05) is 42.2 Å². The summed E-state index contributed by atoms with van der Waals surface area (Å²) >= 11 is 0. The molecule has 0 fully saturated rings. The Bertz CT molecular complexity index is 1010. The molecule has 0 saturated carbocycles. The van der Waals surface area contributed by atoms with Crippen molar-refractivity contribution in [3.63, 3.8) is 0 Å². The van der Waals surface area contributed by atoms with Gasteiger partial charge in [-0.3, -0.25) is 0 Å². The molecule has 24 heavy (non-hydrogen) atoms. The van der Waals surface area contributed by atoms with Gasteiger partial charge in [0.25, 0.3) is 0 Å². The van der Waals surface area contributed by atoms with Crippen molar-refractivity contribution < 1.29 is 19.8 Å². The van der Waals surface area contributed by atoms with Crippen molar-refractivity contribution in [3.05, 3.63) is 82.9 Å².